The third kappa shape index (κ3) is 1.97. The zero-order valence-corrected chi connectivity index (χ0v) is 7.93. The van der Waals surface area contributed by atoms with Crippen molar-refractivity contribution in [1.29, 1.82) is 0 Å². The van der Waals surface area contributed by atoms with E-state index in [-0.39, 0.29) is 0 Å². The van der Waals surface area contributed by atoms with Crippen LogP contribution in [0, 0.1) is 6.92 Å². The first-order valence-corrected chi connectivity index (χ1v) is 4.49. The van der Waals surface area contributed by atoms with E-state index in [0.29, 0.717) is 0 Å². The Balaban J connectivity index is 2.87. The van der Waals surface area contributed by atoms with E-state index in [9.17, 15) is 0 Å². The van der Waals surface area contributed by atoms with Crippen LogP contribution in [0.3, 0.4) is 0 Å². The predicted octanol–water partition coefficient (Wildman–Crippen LogP) is 3.81. The van der Waals surface area contributed by atoms with Crippen LogP contribution in [-0.4, -0.2) is 0 Å². The molecular formula is C12H16. The van der Waals surface area contributed by atoms with Crippen LogP contribution in [0.1, 0.15) is 30.9 Å². The minimum atomic E-state index is 1.10. The fraction of sp³-hybridized carbons (Fsp3) is 0.333. The Morgan fingerprint density at radius 2 is 2.00 bits per heavy atom. The maximum atomic E-state index is 4.08. The number of benzene rings is 1. The van der Waals surface area contributed by atoms with Crippen molar-refractivity contribution in [2.75, 3.05) is 0 Å². The van der Waals surface area contributed by atoms with Gasteiger partial charge in [0.1, 0.15) is 0 Å². The van der Waals surface area contributed by atoms with E-state index < -0.39 is 0 Å². The van der Waals surface area contributed by atoms with Gasteiger partial charge in [0, 0.05) is 0 Å². The molecule has 1 rings (SSSR count). The van der Waals surface area contributed by atoms with Crippen molar-refractivity contribution < 1.29 is 0 Å². The molecule has 64 valence electrons. The molecule has 0 bridgehead atoms. The van der Waals surface area contributed by atoms with Gasteiger partial charge in [0.25, 0.3) is 0 Å². The summed E-state index contributed by atoms with van der Waals surface area (Å²) in [5.74, 6) is 0. The van der Waals surface area contributed by atoms with Gasteiger partial charge in [-0.2, -0.15) is 0 Å². The fourth-order valence-electron chi connectivity index (χ4n) is 1.41. The van der Waals surface area contributed by atoms with Gasteiger partial charge in [-0.25, -0.2) is 0 Å². The lowest BCUT2D eigenvalue weighted by molar-refractivity contribution is 0.974. The quantitative estimate of drug-likeness (QED) is 0.630. The second-order valence-electron chi connectivity index (χ2n) is 3.17. The van der Waals surface area contributed by atoms with Crippen molar-refractivity contribution in [2.24, 2.45) is 0 Å². The molecule has 0 saturated heterocycles. The molecular weight excluding hydrogens is 144 g/mol. The molecule has 0 N–H and O–H groups in total. The zero-order valence-electron chi connectivity index (χ0n) is 7.93. The Bertz CT molecular complexity index is 271. The zero-order chi connectivity index (χ0) is 8.97. The standard InChI is InChI=1S/C12H16/c1-4-7-10(2)12-9-6-5-8-11(12)3/h5-6,8-9H,2,4,7H2,1,3H3. The molecule has 0 spiro atoms. The molecule has 0 saturated carbocycles. The first-order valence-electron chi connectivity index (χ1n) is 4.49. The van der Waals surface area contributed by atoms with Gasteiger partial charge >= 0.3 is 0 Å². The summed E-state index contributed by atoms with van der Waals surface area (Å²) < 4.78 is 0. The van der Waals surface area contributed by atoms with Crippen molar-refractivity contribution >= 4 is 5.57 Å². The fourth-order valence-corrected chi connectivity index (χ4v) is 1.41. The molecule has 0 amide bonds. The van der Waals surface area contributed by atoms with Crippen LogP contribution >= 0.6 is 0 Å². The summed E-state index contributed by atoms with van der Waals surface area (Å²) in [6.07, 6.45) is 2.28. The molecule has 0 aliphatic rings. The summed E-state index contributed by atoms with van der Waals surface area (Å²) >= 11 is 0. The summed E-state index contributed by atoms with van der Waals surface area (Å²) in [6, 6.07) is 8.42. The van der Waals surface area contributed by atoms with E-state index in [1.54, 1.807) is 0 Å². The number of allylic oxidation sites excluding steroid dienone is 1. The van der Waals surface area contributed by atoms with Gasteiger partial charge in [0.15, 0.2) is 0 Å². The topological polar surface area (TPSA) is 0 Å². The second kappa shape index (κ2) is 4.10. The molecule has 1 aromatic carbocycles. The van der Waals surface area contributed by atoms with E-state index in [1.165, 1.54) is 23.1 Å². The molecule has 0 aliphatic carbocycles. The van der Waals surface area contributed by atoms with E-state index in [0.717, 1.165) is 6.42 Å². The Kier molecular flexibility index (Phi) is 3.09. The second-order valence-corrected chi connectivity index (χ2v) is 3.17. The summed E-state index contributed by atoms with van der Waals surface area (Å²) in [7, 11) is 0. The van der Waals surface area contributed by atoms with Crippen molar-refractivity contribution in [3.63, 3.8) is 0 Å². The first kappa shape index (κ1) is 9.05. The van der Waals surface area contributed by atoms with Crippen LogP contribution in [0.4, 0.5) is 0 Å². The average molecular weight is 160 g/mol. The molecule has 0 nitrogen and oxygen atoms in total. The van der Waals surface area contributed by atoms with Gasteiger partial charge in [-0.1, -0.05) is 44.2 Å². The minimum absolute atomic E-state index is 1.10. The number of hydrogen-bond donors (Lipinski definition) is 0. The van der Waals surface area contributed by atoms with Crippen LogP contribution in [-0.2, 0) is 0 Å². The van der Waals surface area contributed by atoms with Crippen LogP contribution in [0.25, 0.3) is 5.57 Å². The Morgan fingerprint density at radius 3 is 2.58 bits per heavy atom. The molecule has 1 aromatic rings. The highest BCUT2D eigenvalue weighted by molar-refractivity contribution is 5.65. The van der Waals surface area contributed by atoms with E-state index >= 15 is 0 Å². The van der Waals surface area contributed by atoms with Gasteiger partial charge < -0.3 is 0 Å². The van der Waals surface area contributed by atoms with Crippen molar-refractivity contribution in [3.8, 4) is 0 Å². The maximum absolute atomic E-state index is 4.08. The van der Waals surface area contributed by atoms with Crippen molar-refractivity contribution in [1.82, 2.24) is 0 Å². The third-order valence-corrected chi connectivity index (χ3v) is 2.08. The molecule has 0 aliphatic heterocycles. The Hall–Kier alpha value is -1.04. The third-order valence-electron chi connectivity index (χ3n) is 2.08. The number of hydrogen-bond acceptors (Lipinski definition) is 0. The lowest BCUT2D eigenvalue weighted by Crippen LogP contribution is -1.86. The molecule has 0 atom stereocenters. The summed E-state index contributed by atoms with van der Waals surface area (Å²) in [5, 5.41) is 0. The van der Waals surface area contributed by atoms with E-state index in [1.807, 2.05) is 0 Å². The van der Waals surface area contributed by atoms with Gasteiger partial charge in [-0.15, -0.1) is 0 Å². The number of rotatable bonds is 3. The van der Waals surface area contributed by atoms with E-state index in [2.05, 4.69) is 44.7 Å². The summed E-state index contributed by atoms with van der Waals surface area (Å²) in [6.45, 7) is 8.39. The molecule has 0 unspecified atom stereocenters. The number of aryl methyl sites for hydroxylation is 1. The van der Waals surface area contributed by atoms with Crippen LogP contribution < -0.4 is 0 Å². The SMILES string of the molecule is C=C(CCC)c1ccccc1C. The maximum Gasteiger partial charge on any atom is -0.0201 e. The highest BCUT2D eigenvalue weighted by Crippen LogP contribution is 2.20. The van der Waals surface area contributed by atoms with Gasteiger partial charge in [0.05, 0.1) is 0 Å². The van der Waals surface area contributed by atoms with Gasteiger partial charge in [0.2, 0.25) is 0 Å². The summed E-state index contributed by atoms with van der Waals surface area (Å²) in [4.78, 5) is 0. The van der Waals surface area contributed by atoms with E-state index in [4.69, 9.17) is 0 Å². The molecule has 0 aromatic heterocycles. The van der Waals surface area contributed by atoms with Gasteiger partial charge in [-0.05, 0) is 30.0 Å². The lowest BCUT2D eigenvalue weighted by atomic mass is 9.99. The highest BCUT2D eigenvalue weighted by atomic mass is 14.0. The highest BCUT2D eigenvalue weighted by Gasteiger charge is 1.99. The van der Waals surface area contributed by atoms with Gasteiger partial charge in [-0.3, -0.25) is 0 Å². The smallest absolute Gasteiger partial charge is 0.0201 e. The minimum Gasteiger partial charge on any atom is -0.0952 e. The lowest BCUT2D eigenvalue weighted by Gasteiger charge is -2.06. The molecule has 0 heteroatoms. The van der Waals surface area contributed by atoms with Crippen LogP contribution in [0.15, 0.2) is 30.8 Å². The first-order chi connectivity index (χ1) is 5.75. The Morgan fingerprint density at radius 1 is 1.33 bits per heavy atom. The Labute approximate surface area is 74.9 Å². The molecule has 0 radical (unpaired) electrons. The van der Waals surface area contributed by atoms with Crippen molar-refractivity contribution in [2.45, 2.75) is 26.7 Å². The monoisotopic (exact) mass is 160 g/mol. The molecule has 0 heterocycles. The summed E-state index contributed by atoms with van der Waals surface area (Å²) in [5.41, 5.74) is 3.91. The molecule has 12 heavy (non-hydrogen) atoms. The van der Waals surface area contributed by atoms with Crippen molar-refractivity contribution in [3.05, 3.63) is 42.0 Å². The predicted molar refractivity (Wildman–Crippen MR) is 55.1 cm³/mol. The average Bonchev–Trinajstić information content (AvgIpc) is 2.05. The largest absolute Gasteiger partial charge is 0.0952 e. The molecule has 0 fully saturated rings. The van der Waals surface area contributed by atoms with Crippen LogP contribution in [0.5, 0.6) is 0 Å². The normalized spacial score (nSPS) is 9.83. The van der Waals surface area contributed by atoms with Crippen LogP contribution in [0.2, 0.25) is 0 Å².